The minimum atomic E-state index is -0.433. The van der Waals surface area contributed by atoms with E-state index in [2.05, 4.69) is 9.97 Å². The highest BCUT2D eigenvalue weighted by atomic mass is 32.1. The first kappa shape index (κ1) is 18.1. The van der Waals surface area contributed by atoms with Crippen LogP contribution in [-0.2, 0) is 4.74 Å². The molecule has 4 aromatic rings. The minimum absolute atomic E-state index is 0.295. The number of nitrogens with zero attached hydrogens (tertiary/aromatic N) is 2. The molecule has 0 fully saturated rings. The monoisotopic (exact) mass is 396 g/mol. The maximum absolute atomic E-state index is 12.2. The second-order valence-corrected chi connectivity index (χ2v) is 7.09. The number of benzene rings is 1. The Morgan fingerprint density at radius 2 is 1.96 bits per heavy atom. The SMILES string of the molecule is CCOC(=O)c1sc2nc(C)nc(Oc3ccc4ccc(=O)oc4c3)c2c1C. The molecule has 0 aliphatic rings. The van der Waals surface area contributed by atoms with Gasteiger partial charge >= 0.3 is 11.6 Å². The number of aromatic nitrogens is 2. The molecule has 1 aromatic carbocycles. The molecule has 0 saturated carbocycles. The Morgan fingerprint density at radius 3 is 2.75 bits per heavy atom. The van der Waals surface area contributed by atoms with Gasteiger partial charge in [0.2, 0.25) is 5.88 Å². The van der Waals surface area contributed by atoms with Gasteiger partial charge in [-0.3, -0.25) is 0 Å². The van der Waals surface area contributed by atoms with Crippen LogP contribution in [-0.4, -0.2) is 22.5 Å². The van der Waals surface area contributed by atoms with Crippen molar-refractivity contribution in [3.8, 4) is 11.6 Å². The zero-order valence-corrected chi connectivity index (χ0v) is 16.3. The quantitative estimate of drug-likeness (QED) is 0.373. The van der Waals surface area contributed by atoms with E-state index in [1.54, 1.807) is 38.1 Å². The molecule has 3 aromatic heterocycles. The summed E-state index contributed by atoms with van der Waals surface area (Å²) >= 11 is 1.25. The fourth-order valence-corrected chi connectivity index (χ4v) is 4.00. The number of rotatable bonds is 4. The zero-order chi connectivity index (χ0) is 19.8. The van der Waals surface area contributed by atoms with Gasteiger partial charge in [-0.15, -0.1) is 11.3 Å². The Bertz CT molecular complexity index is 1280. The minimum Gasteiger partial charge on any atom is -0.462 e. The van der Waals surface area contributed by atoms with Crippen LogP contribution in [0.4, 0.5) is 0 Å². The molecule has 0 radical (unpaired) electrons. The number of aryl methyl sites for hydroxylation is 2. The molecule has 0 N–H and O–H groups in total. The zero-order valence-electron chi connectivity index (χ0n) is 15.4. The second kappa shape index (κ2) is 7.05. The number of fused-ring (bicyclic) bond motifs is 2. The van der Waals surface area contributed by atoms with Gasteiger partial charge in [0.05, 0.1) is 12.0 Å². The van der Waals surface area contributed by atoms with Crippen molar-refractivity contribution in [2.24, 2.45) is 0 Å². The van der Waals surface area contributed by atoms with Crippen LogP contribution in [0.25, 0.3) is 21.2 Å². The first-order valence-corrected chi connectivity index (χ1v) is 9.44. The van der Waals surface area contributed by atoms with E-state index in [-0.39, 0.29) is 5.97 Å². The molecule has 28 heavy (non-hydrogen) atoms. The molecule has 0 amide bonds. The van der Waals surface area contributed by atoms with Crippen molar-refractivity contribution in [3.05, 3.63) is 57.0 Å². The summed E-state index contributed by atoms with van der Waals surface area (Å²) in [4.78, 5) is 33.6. The summed E-state index contributed by atoms with van der Waals surface area (Å²) in [7, 11) is 0. The standard InChI is InChI=1S/C20H16N2O5S/c1-4-25-20(24)17-10(2)16-18(21-11(3)22-19(16)28-17)26-13-7-5-12-6-8-15(23)27-14(12)9-13/h5-9H,4H2,1-3H3. The van der Waals surface area contributed by atoms with Gasteiger partial charge in [0.25, 0.3) is 0 Å². The third-order valence-electron chi connectivity index (χ3n) is 4.14. The normalized spacial score (nSPS) is 11.1. The highest BCUT2D eigenvalue weighted by Gasteiger charge is 2.22. The van der Waals surface area contributed by atoms with E-state index in [4.69, 9.17) is 13.9 Å². The van der Waals surface area contributed by atoms with Gasteiger partial charge in [0, 0.05) is 17.5 Å². The summed E-state index contributed by atoms with van der Waals surface area (Å²) in [6.07, 6.45) is 0. The number of hydrogen-bond donors (Lipinski definition) is 0. The highest BCUT2D eigenvalue weighted by molar-refractivity contribution is 7.20. The molecule has 3 heterocycles. The van der Waals surface area contributed by atoms with E-state index in [0.717, 1.165) is 5.39 Å². The summed E-state index contributed by atoms with van der Waals surface area (Å²) in [5.41, 5.74) is 0.694. The molecule has 0 aliphatic carbocycles. The van der Waals surface area contributed by atoms with Crippen LogP contribution in [0.1, 0.15) is 28.0 Å². The predicted molar refractivity (Wildman–Crippen MR) is 105 cm³/mol. The number of carbonyl (C=O) groups excluding carboxylic acids is 1. The number of esters is 1. The average Bonchev–Trinajstić information content (AvgIpc) is 2.98. The molecule has 142 valence electrons. The van der Waals surface area contributed by atoms with Gasteiger partial charge in [0.1, 0.15) is 26.9 Å². The highest BCUT2D eigenvalue weighted by Crippen LogP contribution is 2.37. The first-order chi connectivity index (χ1) is 13.5. The van der Waals surface area contributed by atoms with Crippen LogP contribution in [0.3, 0.4) is 0 Å². The maximum Gasteiger partial charge on any atom is 0.348 e. The number of carbonyl (C=O) groups is 1. The van der Waals surface area contributed by atoms with E-state index >= 15 is 0 Å². The largest absolute Gasteiger partial charge is 0.462 e. The molecular formula is C20H16N2O5S. The lowest BCUT2D eigenvalue weighted by Crippen LogP contribution is -2.03. The number of ether oxygens (including phenoxy) is 2. The first-order valence-electron chi connectivity index (χ1n) is 8.63. The van der Waals surface area contributed by atoms with Crippen LogP contribution < -0.4 is 10.4 Å². The van der Waals surface area contributed by atoms with Crippen LogP contribution in [0.15, 0.2) is 39.5 Å². The summed E-state index contributed by atoms with van der Waals surface area (Å²) in [6.45, 7) is 5.63. The van der Waals surface area contributed by atoms with E-state index in [0.29, 0.717) is 50.3 Å². The van der Waals surface area contributed by atoms with Gasteiger partial charge in [-0.1, -0.05) is 0 Å². The molecule has 0 unspecified atom stereocenters. The summed E-state index contributed by atoms with van der Waals surface area (Å²) in [5.74, 6) is 0.930. The molecule has 8 heteroatoms. The summed E-state index contributed by atoms with van der Waals surface area (Å²) < 4.78 is 16.3. The summed E-state index contributed by atoms with van der Waals surface area (Å²) in [6, 6.07) is 8.25. The van der Waals surface area contributed by atoms with Crippen molar-refractivity contribution in [1.82, 2.24) is 9.97 Å². The summed E-state index contributed by atoms with van der Waals surface area (Å²) in [5, 5.41) is 1.44. The lowest BCUT2D eigenvalue weighted by Gasteiger charge is -2.08. The lowest BCUT2D eigenvalue weighted by atomic mass is 10.2. The van der Waals surface area contributed by atoms with E-state index in [1.807, 2.05) is 6.92 Å². The van der Waals surface area contributed by atoms with Gasteiger partial charge in [-0.2, -0.15) is 4.98 Å². The topological polar surface area (TPSA) is 91.5 Å². The van der Waals surface area contributed by atoms with Crippen molar-refractivity contribution in [1.29, 1.82) is 0 Å². The fourth-order valence-electron chi connectivity index (χ4n) is 2.88. The van der Waals surface area contributed by atoms with Crippen LogP contribution in [0.2, 0.25) is 0 Å². The molecule has 0 bridgehead atoms. The van der Waals surface area contributed by atoms with Gasteiger partial charge in [-0.25, -0.2) is 14.6 Å². The van der Waals surface area contributed by atoms with Gasteiger partial charge in [0.15, 0.2) is 0 Å². The van der Waals surface area contributed by atoms with Crippen LogP contribution in [0.5, 0.6) is 11.6 Å². The Hall–Kier alpha value is -3.26. The molecular weight excluding hydrogens is 380 g/mol. The predicted octanol–water partition coefficient (Wildman–Crippen LogP) is 4.38. The van der Waals surface area contributed by atoms with Crippen molar-refractivity contribution in [3.63, 3.8) is 0 Å². The molecule has 7 nitrogen and oxygen atoms in total. The maximum atomic E-state index is 12.2. The van der Waals surface area contributed by atoms with Crippen molar-refractivity contribution in [2.75, 3.05) is 6.61 Å². The fraction of sp³-hybridized carbons (Fsp3) is 0.200. The Balaban J connectivity index is 1.82. The van der Waals surface area contributed by atoms with Gasteiger partial charge < -0.3 is 13.9 Å². The van der Waals surface area contributed by atoms with Crippen LogP contribution >= 0.6 is 11.3 Å². The average molecular weight is 396 g/mol. The molecule has 0 atom stereocenters. The molecule has 0 aliphatic heterocycles. The van der Waals surface area contributed by atoms with Gasteiger partial charge in [-0.05, 0) is 44.5 Å². The second-order valence-electron chi connectivity index (χ2n) is 6.09. The van der Waals surface area contributed by atoms with E-state index in [1.165, 1.54) is 17.4 Å². The van der Waals surface area contributed by atoms with Crippen molar-refractivity contribution in [2.45, 2.75) is 20.8 Å². The van der Waals surface area contributed by atoms with Crippen LogP contribution in [0, 0.1) is 13.8 Å². The van der Waals surface area contributed by atoms with Crippen molar-refractivity contribution >= 4 is 38.5 Å². The molecule has 4 rings (SSSR count). The molecule has 0 saturated heterocycles. The third kappa shape index (κ3) is 3.22. The number of hydrogen-bond acceptors (Lipinski definition) is 8. The van der Waals surface area contributed by atoms with E-state index in [9.17, 15) is 9.59 Å². The Labute approximate surface area is 163 Å². The lowest BCUT2D eigenvalue weighted by molar-refractivity contribution is 0.0531. The Kier molecular flexibility index (Phi) is 4.56. The molecule has 0 spiro atoms. The van der Waals surface area contributed by atoms with Crippen molar-refractivity contribution < 1.29 is 18.7 Å². The third-order valence-corrected chi connectivity index (χ3v) is 5.30. The number of thiophene rings is 1. The smallest absolute Gasteiger partial charge is 0.348 e. The van der Waals surface area contributed by atoms with E-state index < -0.39 is 5.63 Å². The Morgan fingerprint density at radius 1 is 1.18 bits per heavy atom.